The SMILES string of the molecule is CC(C)(C)OCC1CN(C2(C)CC2)C1. The smallest absolute Gasteiger partial charge is 0.0598 e. The highest BCUT2D eigenvalue weighted by Gasteiger charge is 2.48. The summed E-state index contributed by atoms with van der Waals surface area (Å²) in [6.07, 6.45) is 2.81. The first-order chi connectivity index (χ1) is 6.39. The minimum absolute atomic E-state index is 0.0316. The zero-order valence-electron chi connectivity index (χ0n) is 9.97. The monoisotopic (exact) mass is 197 g/mol. The third kappa shape index (κ3) is 2.29. The van der Waals surface area contributed by atoms with Crippen LogP contribution in [0, 0.1) is 5.92 Å². The zero-order chi connectivity index (χ0) is 10.4. The third-order valence-corrected chi connectivity index (χ3v) is 3.45. The fourth-order valence-electron chi connectivity index (χ4n) is 1.98. The standard InChI is InChI=1S/C12H23NO/c1-11(2,3)14-9-10-7-13(8-10)12(4)5-6-12/h10H,5-9H2,1-4H3. The van der Waals surface area contributed by atoms with Crippen LogP contribution in [0.5, 0.6) is 0 Å². The highest BCUT2D eigenvalue weighted by Crippen LogP contribution is 2.44. The maximum atomic E-state index is 5.79. The Hall–Kier alpha value is -0.0800. The topological polar surface area (TPSA) is 12.5 Å². The second kappa shape index (κ2) is 3.21. The molecule has 0 bridgehead atoms. The molecule has 1 saturated heterocycles. The summed E-state index contributed by atoms with van der Waals surface area (Å²) in [4.78, 5) is 2.61. The van der Waals surface area contributed by atoms with Gasteiger partial charge in [-0.05, 0) is 40.5 Å². The average molecular weight is 197 g/mol. The largest absolute Gasteiger partial charge is 0.375 e. The molecule has 0 aromatic rings. The van der Waals surface area contributed by atoms with Crippen molar-refractivity contribution in [1.82, 2.24) is 4.90 Å². The molecule has 0 atom stereocenters. The fourth-order valence-corrected chi connectivity index (χ4v) is 1.98. The van der Waals surface area contributed by atoms with Gasteiger partial charge in [0.1, 0.15) is 0 Å². The van der Waals surface area contributed by atoms with Crippen LogP contribution in [0.25, 0.3) is 0 Å². The van der Waals surface area contributed by atoms with Gasteiger partial charge in [0.05, 0.1) is 12.2 Å². The summed E-state index contributed by atoms with van der Waals surface area (Å²) in [5.41, 5.74) is 0.613. The van der Waals surface area contributed by atoms with Crippen LogP contribution in [0.15, 0.2) is 0 Å². The summed E-state index contributed by atoms with van der Waals surface area (Å²) < 4.78 is 5.79. The minimum atomic E-state index is 0.0316. The molecule has 1 aliphatic heterocycles. The first-order valence-electron chi connectivity index (χ1n) is 5.78. The van der Waals surface area contributed by atoms with Gasteiger partial charge in [-0.15, -0.1) is 0 Å². The Kier molecular flexibility index (Phi) is 2.39. The number of hydrogen-bond acceptors (Lipinski definition) is 2. The minimum Gasteiger partial charge on any atom is -0.375 e. The first kappa shape index (κ1) is 10.4. The molecule has 1 heterocycles. The van der Waals surface area contributed by atoms with Gasteiger partial charge in [0, 0.05) is 24.5 Å². The van der Waals surface area contributed by atoms with E-state index in [4.69, 9.17) is 4.74 Å². The summed E-state index contributed by atoms with van der Waals surface area (Å²) in [5, 5.41) is 0. The molecule has 0 radical (unpaired) electrons. The molecular weight excluding hydrogens is 174 g/mol. The van der Waals surface area contributed by atoms with E-state index in [1.807, 2.05) is 0 Å². The van der Waals surface area contributed by atoms with E-state index in [0.717, 1.165) is 12.5 Å². The normalized spacial score (nSPS) is 27.4. The van der Waals surface area contributed by atoms with Crippen molar-refractivity contribution in [2.75, 3.05) is 19.7 Å². The second-order valence-corrected chi connectivity index (χ2v) is 6.19. The van der Waals surface area contributed by atoms with Crippen molar-refractivity contribution in [3.05, 3.63) is 0 Å². The Bertz CT molecular complexity index is 206. The van der Waals surface area contributed by atoms with Gasteiger partial charge in [-0.3, -0.25) is 4.90 Å². The Morgan fingerprint density at radius 2 is 1.86 bits per heavy atom. The van der Waals surface area contributed by atoms with Crippen molar-refractivity contribution >= 4 is 0 Å². The van der Waals surface area contributed by atoms with Crippen LogP contribution in [0.3, 0.4) is 0 Å². The van der Waals surface area contributed by atoms with Gasteiger partial charge in [0.25, 0.3) is 0 Å². The molecule has 0 aromatic carbocycles. The summed E-state index contributed by atoms with van der Waals surface area (Å²) in [6.45, 7) is 12.2. The molecule has 1 aliphatic carbocycles. The lowest BCUT2D eigenvalue weighted by Gasteiger charge is -2.44. The van der Waals surface area contributed by atoms with Crippen molar-refractivity contribution in [3.63, 3.8) is 0 Å². The second-order valence-electron chi connectivity index (χ2n) is 6.19. The van der Waals surface area contributed by atoms with Gasteiger partial charge >= 0.3 is 0 Å². The van der Waals surface area contributed by atoms with Crippen molar-refractivity contribution in [1.29, 1.82) is 0 Å². The maximum Gasteiger partial charge on any atom is 0.0598 e. The lowest BCUT2D eigenvalue weighted by atomic mass is 9.98. The zero-order valence-corrected chi connectivity index (χ0v) is 9.97. The number of likely N-dealkylation sites (tertiary alicyclic amines) is 1. The van der Waals surface area contributed by atoms with E-state index in [2.05, 4.69) is 32.6 Å². The Morgan fingerprint density at radius 3 is 2.29 bits per heavy atom. The van der Waals surface area contributed by atoms with Gasteiger partial charge in [0.2, 0.25) is 0 Å². The Morgan fingerprint density at radius 1 is 1.29 bits per heavy atom. The van der Waals surface area contributed by atoms with Crippen molar-refractivity contribution in [3.8, 4) is 0 Å². The molecular formula is C12H23NO. The van der Waals surface area contributed by atoms with Crippen LogP contribution in [-0.2, 0) is 4.74 Å². The molecule has 0 amide bonds. The molecule has 2 heteroatoms. The van der Waals surface area contributed by atoms with E-state index in [1.165, 1.54) is 25.9 Å². The quantitative estimate of drug-likeness (QED) is 0.688. The molecule has 0 N–H and O–H groups in total. The fraction of sp³-hybridized carbons (Fsp3) is 1.00. The highest BCUT2D eigenvalue weighted by atomic mass is 16.5. The van der Waals surface area contributed by atoms with Gasteiger partial charge < -0.3 is 4.74 Å². The van der Waals surface area contributed by atoms with Crippen LogP contribution < -0.4 is 0 Å². The maximum absolute atomic E-state index is 5.79. The summed E-state index contributed by atoms with van der Waals surface area (Å²) in [6, 6.07) is 0. The van der Waals surface area contributed by atoms with Crippen LogP contribution in [0.1, 0.15) is 40.5 Å². The van der Waals surface area contributed by atoms with Crippen LogP contribution >= 0.6 is 0 Å². The Labute approximate surface area is 87.6 Å². The summed E-state index contributed by atoms with van der Waals surface area (Å²) in [5.74, 6) is 0.784. The van der Waals surface area contributed by atoms with E-state index in [0.29, 0.717) is 5.54 Å². The van der Waals surface area contributed by atoms with Crippen molar-refractivity contribution < 1.29 is 4.74 Å². The molecule has 2 rings (SSSR count). The molecule has 2 nitrogen and oxygen atoms in total. The highest BCUT2D eigenvalue weighted by molar-refractivity contribution is 5.04. The number of hydrogen-bond donors (Lipinski definition) is 0. The molecule has 1 saturated carbocycles. The van der Waals surface area contributed by atoms with Crippen LogP contribution in [0.4, 0.5) is 0 Å². The lowest BCUT2D eigenvalue weighted by molar-refractivity contribution is -0.0670. The van der Waals surface area contributed by atoms with E-state index in [-0.39, 0.29) is 5.60 Å². The van der Waals surface area contributed by atoms with Crippen LogP contribution in [-0.4, -0.2) is 35.7 Å². The molecule has 14 heavy (non-hydrogen) atoms. The first-order valence-corrected chi connectivity index (χ1v) is 5.78. The summed E-state index contributed by atoms with van der Waals surface area (Å²) >= 11 is 0. The Balaban J connectivity index is 1.64. The predicted molar refractivity (Wildman–Crippen MR) is 58.4 cm³/mol. The van der Waals surface area contributed by atoms with E-state index in [1.54, 1.807) is 0 Å². The average Bonchev–Trinajstić information content (AvgIpc) is 2.62. The van der Waals surface area contributed by atoms with Gasteiger partial charge in [0.15, 0.2) is 0 Å². The van der Waals surface area contributed by atoms with Crippen LogP contribution in [0.2, 0.25) is 0 Å². The predicted octanol–water partition coefficient (Wildman–Crippen LogP) is 2.29. The van der Waals surface area contributed by atoms with E-state index in [9.17, 15) is 0 Å². The summed E-state index contributed by atoms with van der Waals surface area (Å²) in [7, 11) is 0. The lowest BCUT2D eigenvalue weighted by Crippen LogP contribution is -2.54. The van der Waals surface area contributed by atoms with E-state index < -0.39 is 0 Å². The number of nitrogens with zero attached hydrogens (tertiary/aromatic N) is 1. The molecule has 0 aromatic heterocycles. The molecule has 0 unspecified atom stereocenters. The molecule has 2 fully saturated rings. The third-order valence-electron chi connectivity index (χ3n) is 3.45. The van der Waals surface area contributed by atoms with Crippen molar-refractivity contribution in [2.24, 2.45) is 5.92 Å². The van der Waals surface area contributed by atoms with Crippen molar-refractivity contribution in [2.45, 2.75) is 51.7 Å². The van der Waals surface area contributed by atoms with Gasteiger partial charge in [-0.25, -0.2) is 0 Å². The number of ether oxygens (including phenoxy) is 1. The molecule has 2 aliphatic rings. The van der Waals surface area contributed by atoms with E-state index >= 15 is 0 Å². The van der Waals surface area contributed by atoms with Gasteiger partial charge in [-0.2, -0.15) is 0 Å². The number of rotatable bonds is 3. The molecule has 82 valence electrons. The van der Waals surface area contributed by atoms with Gasteiger partial charge in [-0.1, -0.05) is 0 Å². The molecule has 0 spiro atoms.